The van der Waals surface area contributed by atoms with Crippen molar-refractivity contribution in [2.45, 2.75) is 31.8 Å². The summed E-state index contributed by atoms with van der Waals surface area (Å²) >= 11 is 1.93. The summed E-state index contributed by atoms with van der Waals surface area (Å²) in [6.07, 6.45) is 6.36. The molecular formula is C22H30N4OS. The van der Waals surface area contributed by atoms with Crippen molar-refractivity contribution in [3.05, 3.63) is 35.5 Å². The molecule has 5 nitrogen and oxygen atoms in total. The first-order chi connectivity index (χ1) is 13.8. The molecule has 2 aromatic rings. The molecule has 2 saturated heterocycles. The van der Waals surface area contributed by atoms with E-state index in [1.807, 2.05) is 28.8 Å². The highest BCUT2D eigenvalue weighted by Gasteiger charge is 2.28. The summed E-state index contributed by atoms with van der Waals surface area (Å²) in [6, 6.07) is 7.05. The summed E-state index contributed by atoms with van der Waals surface area (Å²) < 4.78 is 0. The molecule has 1 aliphatic carbocycles. The summed E-state index contributed by atoms with van der Waals surface area (Å²) in [6.45, 7) is 7.46. The highest BCUT2D eigenvalue weighted by atomic mass is 32.2. The average Bonchev–Trinajstić information content (AvgIpc) is 3.10. The highest BCUT2D eigenvalue weighted by Crippen LogP contribution is 2.27. The Balaban J connectivity index is 1.24. The molecular weight excluding hydrogens is 368 g/mol. The Bertz CT molecular complexity index is 832. The van der Waals surface area contributed by atoms with Crippen molar-refractivity contribution in [3.63, 3.8) is 0 Å². The summed E-state index contributed by atoms with van der Waals surface area (Å²) in [5, 5.41) is 1.26. The van der Waals surface area contributed by atoms with Crippen LogP contribution in [-0.2, 0) is 6.54 Å². The third-order valence-corrected chi connectivity index (χ3v) is 7.65. The second-order valence-corrected chi connectivity index (χ2v) is 9.60. The van der Waals surface area contributed by atoms with Crippen LogP contribution < -0.4 is 0 Å². The van der Waals surface area contributed by atoms with E-state index >= 15 is 0 Å². The summed E-state index contributed by atoms with van der Waals surface area (Å²) in [4.78, 5) is 23.4. The third kappa shape index (κ3) is 3.70. The zero-order chi connectivity index (χ0) is 18.9. The molecule has 28 heavy (non-hydrogen) atoms. The largest absolute Gasteiger partial charge is 0.361 e. The molecule has 150 valence electrons. The molecule has 3 aliphatic rings. The highest BCUT2D eigenvalue weighted by molar-refractivity contribution is 7.99. The van der Waals surface area contributed by atoms with Gasteiger partial charge in [0.25, 0.3) is 5.91 Å². The van der Waals surface area contributed by atoms with Crippen LogP contribution in [0, 0.1) is 0 Å². The number of carbonyl (C=O) groups excluding carboxylic acids is 1. The van der Waals surface area contributed by atoms with E-state index in [9.17, 15) is 4.79 Å². The first kappa shape index (κ1) is 18.5. The number of H-pyrrole nitrogens is 1. The Morgan fingerprint density at radius 1 is 1.07 bits per heavy atom. The molecule has 3 heterocycles. The van der Waals surface area contributed by atoms with Crippen LogP contribution in [0.1, 0.15) is 35.2 Å². The van der Waals surface area contributed by atoms with Crippen molar-refractivity contribution in [2.75, 3.05) is 50.8 Å². The van der Waals surface area contributed by atoms with Gasteiger partial charge < -0.3 is 9.88 Å². The molecule has 0 bridgehead atoms. The fourth-order valence-electron chi connectivity index (χ4n) is 4.68. The van der Waals surface area contributed by atoms with Gasteiger partial charge in [0.2, 0.25) is 0 Å². The van der Waals surface area contributed by atoms with Crippen molar-refractivity contribution < 1.29 is 4.79 Å². The Morgan fingerprint density at radius 3 is 2.57 bits per heavy atom. The normalized spacial score (nSPS) is 22.5. The Hall–Kier alpha value is -1.50. The second kappa shape index (κ2) is 8.09. The number of aromatic nitrogens is 1. The lowest BCUT2D eigenvalue weighted by molar-refractivity contribution is 0.0589. The minimum atomic E-state index is 0.172. The molecule has 0 radical (unpaired) electrons. The number of rotatable bonds is 4. The number of amides is 1. The minimum absolute atomic E-state index is 0.172. The van der Waals surface area contributed by atoms with Crippen molar-refractivity contribution in [1.82, 2.24) is 19.7 Å². The molecule has 1 saturated carbocycles. The van der Waals surface area contributed by atoms with E-state index in [-0.39, 0.29) is 5.91 Å². The molecule has 1 aromatic heterocycles. The zero-order valence-electron chi connectivity index (χ0n) is 16.5. The zero-order valence-corrected chi connectivity index (χ0v) is 17.3. The molecule has 5 rings (SSSR count). The lowest BCUT2D eigenvalue weighted by Crippen LogP contribution is -2.51. The number of benzene rings is 1. The van der Waals surface area contributed by atoms with E-state index < -0.39 is 0 Å². The molecule has 1 amide bonds. The van der Waals surface area contributed by atoms with Crippen LogP contribution in [0.2, 0.25) is 0 Å². The topological polar surface area (TPSA) is 42.6 Å². The number of piperazine rings is 1. The molecule has 0 unspecified atom stereocenters. The number of aromatic amines is 1. The number of nitrogens with zero attached hydrogens (tertiary/aromatic N) is 3. The monoisotopic (exact) mass is 398 g/mol. The van der Waals surface area contributed by atoms with Crippen molar-refractivity contribution in [2.24, 2.45) is 0 Å². The summed E-state index contributed by atoms with van der Waals surface area (Å²) in [5.74, 6) is 2.27. The Morgan fingerprint density at radius 2 is 1.86 bits per heavy atom. The van der Waals surface area contributed by atoms with E-state index in [0.29, 0.717) is 0 Å². The predicted molar refractivity (Wildman–Crippen MR) is 116 cm³/mol. The standard InChI is InChI=1S/C22H30N4OS/c27-22(26-10-12-28-13-11-26)17-4-5-20-18(15-23-21(20)14-17)16-24-6-8-25(9-7-24)19-2-1-3-19/h4-5,14-15,19,23H,1-3,6-13,16H2. The lowest BCUT2D eigenvalue weighted by atomic mass is 9.91. The van der Waals surface area contributed by atoms with Crippen LogP contribution in [0.15, 0.2) is 24.4 Å². The molecule has 6 heteroatoms. The SMILES string of the molecule is O=C(c1ccc2c(CN3CCN(C4CCC4)CC3)c[nH]c2c1)N1CCSCC1. The Labute approximate surface area is 171 Å². The first-order valence-electron chi connectivity index (χ1n) is 10.7. The second-order valence-electron chi connectivity index (χ2n) is 8.38. The number of carbonyl (C=O) groups is 1. The van der Waals surface area contributed by atoms with Crippen molar-refractivity contribution in [1.29, 1.82) is 0 Å². The smallest absolute Gasteiger partial charge is 0.253 e. The van der Waals surface area contributed by atoms with Gasteiger partial charge in [-0.15, -0.1) is 0 Å². The average molecular weight is 399 g/mol. The molecule has 3 fully saturated rings. The van der Waals surface area contributed by atoms with Crippen molar-refractivity contribution in [3.8, 4) is 0 Å². The van der Waals surface area contributed by atoms with E-state index in [0.717, 1.165) is 61.4 Å². The van der Waals surface area contributed by atoms with Gasteiger partial charge in [-0.1, -0.05) is 12.5 Å². The number of fused-ring (bicyclic) bond motifs is 1. The van der Waals surface area contributed by atoms with Gasteiger partial charge in [-0.05, 0) is 30.5 Å². The van der Waals surface area contributed by atoms with Gasteiger partial charge >= 0.3 is 0 Å². The number of nitrogens with one attached hydrogen (secondary N) is 1. The van der Waals surface area contributed by atoms with Crippen LogP contribution in [0.3, 0.4) is 0 Å². The summed E-state index contributed by atoms with van der Waals surface area (Å²) in [5.41, 5.74) is 3.24. The van der Waals surface area contributed by atoms with Gasteiger partial charge in [0.05, 0.1) is 0 Å². The maximum atomic E-state index is 12.8. The number of thioether (sulfide) groups is 1. The van der Waals surface area contributed by atoms with Crippen LogP contribution in [-0.4, -0.2) is 82.4 Å². The van der Waals surface area contributed by atoms with Gasteiger partial charge in [-0.2, -0.15) is 11.8 Å². The maximum absolute atomic E-state index is 12.8. The molecule has 0 atom stereocenters. The van der Waals surface area contributed by atoms with Gasteiger partial charge in [-0.3, -0.25) is 14.6 Å². The van der Waals surface area contributed by atoms with Crippen molar-refractivity contribution >= 4 is 28.6 Å². The maximum Gasteiger partial charge on any atom is 0.253 e. The van der Waals surface area contributed by atoms with E-state index in [2.05, 4.69) is 27.0 Å². The molecule has 1 N–H and O–H groups in total. The summed E-state index contributed by atoms with van der Waals surface area (Å²) in [7, 11) is 0. The lowest BCUT2D eigenvalue weighted by Gasteiger charge is -2.43. The quantitative estimate of drug-likeness (QED) is 0.860. The Kier molecular flexibility index (Phi) is 5.35. The first-order valence-corrected chi connectivity index (χ1v) is 11.9. The molecule has 1 aromatic carbocycles. The third-order valence-electron chi connectivity index (χ3n) is 6.70. The van der Waals surface area contributed by atoms with Crippen LogP contribution >= 0.6 is 11.8 Å². The van der Waals surface area contributed by atoms with Gasteiger partial charge in [0, 0.05) is 86.0 Å². The van der Waals surface area contributed by atoms with Crippen LogP contribution in [0.4, 0.5) is 0 Å². The number of hydrogen-bond acceptors (Lipinski definition) is 4. The predicted octanol–water partition coefficient (Wildman–Crippen LogP) is 3.03. The van der Waals surface area contributed by atoms with E-state index in [1.165, 1.54) is 43.3 Å². The number of hydrogen-bond donors (Lipinski definition) is 1. The fraction of sp³-hybridized carbons (Fsp3) is 0.591. The van der Waals surface area contributed by atoms with Crippen LogP contribution in [0.5, 0.6) is 0 Å². The van der Waals surface area contributed by atoms with E-state index in [4.69, 9.17) is 0 Å². The van der Waals surface area contributed by atoms with Crippen LogP contribution in [0.25, 0.3) is 10.9 Å². The minimum Gasteiger partial charge on any atom is -0.361 e. The van der Waals surface area contributed by atoms with Gasteiger partial charge in [-0.25, -0.2) is 0 Å². The molecule has 0 spiro atoms. The molecule has 2 aliphatic heterocycles. The van der Waals surface area contributed by atoms with Gasteiger partial charge in [0.1, 0.15) is 0 Å². The van der Waals surface area contributed by atoms with Gasteiger partial charge in [0.15, 0.2) is 0 Å². The fourth-order valence-corrected chi connectivity index (χ4v) is 5.58. The van der Waals surface area contributed by atoms with E-state index in [1.54, 1.807) is 0 Å².